The molecule has 0 aliphatic carbocycles. The zero-order valence-corrected chi connectivity index (χ0v) is 10.0. The maximum atomic E-state index is 11.7. The Morgan fingerprint density at radius 1 is 1.41 bits per heavy atom. The third-order valence-corrected chi connectivity index (χ3v) is 2.35. The second-order valence-electron chi connectivity index (χ2n) is 3.32. The predicted octanol–water partition coefficient (Wildman–Crippen LogP) is 2.70. The molecule has 1 heterocycles. The Balaban J connectivity index is 2.44. The summed E-state index contributed by atoms with van der Waals surface area (Å²) in [4.78, 5) is 11.7. The van der Waals surface area contributed by atoms with Crippen molar-refractivity contribution >= 4 is 17.6 Å². The van der Waals surface area contributed by atoms with E-state index in [4.69, 9.17) is 16.3 Å². The van der Waals surface area contributed by atoms with Crippen LogP contribution in [-0.4, -0.2) is 22.4 Å². The van der Waals surface area contributed by atoms with Gasteiger partial charge in [-0.05, 0) is 19.1 Å². The van der Waals surface area contributed by atoms with Gasteiger partial charge in [-0.25, -0.2) is 9.48 Å². The summed E-state index contributed by atoms with van der Waals surface area (Å²) in [5.74, 6) is -0.434. The van der Waals surface area contributed by atoms with E-state index in [1.54, 1.807) is 6.92 Å². The average molecular weight is 251 g/mol. The number of carbonyl (C=O) groups excluding carboxylic acids is 1. The number of benzene rings is 1. The van der Waals surface area contributed by atoms with Crippen LogP contribution < -0.4 is 0 Å². The minimum atomic E-state index is -0.434. The minimum Gasteiger partial charge on any atom is -0.461 e. The van der Waals surface area contributed by atoms with Gasteiger partial charge in [0, 0.05) is 6.07 Å². The zero-order chi connectivity index (χ0) is 12.3. The van der Waals surface area contributed by atoms with Crippen LogP contribution in [0.5, 0.6) is 0 Å². The molecular weight excluding hydrogens is 240 g/mol. The Kier molecular flexibility index (Phi) is 3.44. The quantitative estimate of drug-likeness (QED) is 0.787. The van der Waals surface area contributed by atoms with Gasteiger partial charge in [0.25, 0.3) is 0 Å². The van der Waals surface area contributed by atoms with Crippen LogP contribution >= 0.6 is 11.6 Å². The maximum absolute atomic E-state index is 11.7. The largest absolute Gasteiger partial charge is 0.461 e. The summed E-state index contributed by atoms with van der Waals surface area (Å²) in [6, 6.07) is 10.8. The molecule has 0 spiro atoms. The monoisotopic (exact) mass is 250 g/mol. The van der Waals surface area contributed by atoms with Crippen LogP contribution in [0.15, 0.2) is 36.4 Å². The Labute approximate surface area is 104 Å². The van der Waals surface area contributed by atoms with Crippen molar-refractivity contribution in [2.45, 2.75) is 6.92 Å². The number of esters is 1. The number of para-hydroxylation sites is 1. The van der Waals surface area contributed by atoms with Gasteiger partial charge in [-0.15, -0.1) is 0 Å². The summed E-state index contributed by atoms with van der Waals surface area (Å²) in [5, 5.41) is 4.33. The van der Waals surface area contributed by atoms with Crippen LogP contribution in [0.25, 0.3) is 5.69 Å². The van der Waals surface area contributed by atoms with Crippen LogP contribution in [0.4, 0.5) is 0 Å². The van der Waals surface area contributed by atoms with Crippen molar-refractivity contribution in [1.29, 1.82) is 0 Å². The van der Waals surface area contributed by atoms with Gasteiger partial charge in [-0.3, -0.25) is 0 Å². The fourth-order valence-electron chi connectivity index (χ4n) is 1.47. The predicted molar refractivity (Wildman–Crippen MR) is 64.5 cm³/mol. The highest BCUT2D eigenvalue weighted by atomic mass is 35.5. The first-order chi connectivity index (χ1) is 8.22. The lowest BCUT2D eigenvalue weighted by molar-refractivity contribution is 0.0516. The second-order valence-corrected chi connectivity index (χ2v) is 3.71. The van der Waals surface area contributed by atoms with E-state index < -0.39 is 5.97 Å². The number of nitrogens with zero attached hydrogens (tertiary/aromatic N) is 2. The van der Waals surface area contributed by atoms with E-state index in [0.29, 0.717) is 12.3 Å². The van der Waals surface area contributed by atoms with Gasteiger partial charge in [0.15, 0.2) is 10.8 Å². The molecule has 88 valence electrons. The third-order valence-electron chi connectivity index (χ3n) is 2.16. The van der Waals surface area contributed by atoms with E-state index in [9.17, 15) is 4.79 Å². The Morgan fingerprint density at radius 3 is 2.76 bits per heavy atom. The summed E-state index contributed by atoms with van der Waals surface area (Å²) in [6.07, 6.45) is 0. The number of halogens is 1. The number of hydrogen-bond acceptors (Lipinski definition) is 3. The summed E-state index contributed by atoms with van der Waals surface area (Å²) < 4.78 is 6.42. The summed E-state index contributed by atoms with van der Waals surface area (Å²) in [5.41, 5.74) is 1.09. The molecule has 0 unspecified atom stereocenters. The van der Waals surface area contributed by atoms with Crippen LogP contribution in [0.3, 0.4) is 0 Å². The molecule has 4 nitrogen and oxygen atoms in total. The normalized spacial score (nSPS) is 10.2. The third kappa shape index (κ3) is 2.47. The molecular formula is C12H11ClN2O2. The van der Waals surface area contributed by atoms with Crippen molar-refractivity contribution in [3.8, 4) is 5.69 Å². The Morgan fingerprint density at radius 2 is 2.12 bits per heavy atom. The van der Waals surface area contributed by atoms with Crippen molar-refractivity contribution in [3.63, 3.8) is 0 Å². The van der Waals surface area contributed by atoms with Gasteiger partial charge in [-0.2, -0.15) is 5.10 Å². The summed E-state index contributed by atoms with van der Waals surface area (Å²) >= 11 is 5.82. The van der Waals surface area contributed by atoms with Crippen molar-refractivity contribution in [2.75, 3.05) is 6.61 Å². The molecule has 5 heteroatoms. The lowest BCUT2D eigenvalue weighted by Crippen LogP contribution is -2.11. The number of aromatic nitrogens is 2. The van der Waals surface area contributed by atoms with Crippen LogP contribution in [0, 0.1) is 0 Å². The number of rotatable bonds is 3. The van der Waals surface area contributed by atoms with Crippen molar-refractivity contribution < 1.29 is 9.53 Å². The van der Waals surface area contributed by atoms with Gasteiger partial charge in [-0.1, -0.05) is 29.8 Å². The second kappa shape index (κ2) is 5.01. The van der Waals surface area contributed by atoms with Gasteiger partial charge >= 0.3 is 5.97 Å². The van der Waals surface area contributed by atoms with E-state index in [1.165, 1.54) is 10.7 Å². The Bertz CT molecular complexity index is 523. The number of hydrogen-bond donors (Lipinski definition) is 0. The number of ether oxygens (including phenoxy) is 1. The standard InChI is InChI=1S/C12H11ClN2O2/c1-2-17-12(16)10-8-11(13)14-15(10)9-6-4-3-5-7-9/h3-8H,2H2,1H3. The molecule has 0 amide bonds. The van der Waals surface area contributed by atoms with E-state index in [2.05, 4.69) is 5.10 Å². The molecule has 0 N–H and O–H groups in total. The Hall–Kier alpha value is -1.81. The topological polar surface area (TPSA) is 44.1 Å². The fraction of sp³-hybridized carbons (Fsp3) is 0.167. The van der Waals surface area contributed by atoms with Crippen LogP contribution in [0.2, 0.25) is 5.15 Å². The molecule has 0 saturated carbocycles. The van der Waals surface area contributed by atoms with Gasteiger partial charge in [0.1, 0.15) is 0 Å². The fourth-order valence-corrected chi connectivity index (χ4v) is 1.65. The van der Waals surface area contributed by atoms with E-state index in [1.807, 2.05) is 30.3 Å². The molecule has 1 aromatic carbocycles. The lowest BCUT2D eigenvalue weighted by Gasteiger charge is -2.05. The van der Waals surface area contributed by atoms with Crippen LogP contribution in [0.1, 0.15) is 17.4 Å². The molecule has 0 aliphatic rings. The lowest BCUT2D eigenvalue weighted by atomic mass is 10.3. The molecule has 1 aromatic heterocycles. The van der Waals surface area contributed by atoms with E-state index in [-0.39, 0.29) is 5.15 Å². The molecule has 2 rings (SSSR count). The SMILES string of the molecule is CCOC(=O)c1cc(Cl)nn1-c1ccccc1. The highest BCUT2D eigenvalue weighted by Crippen LogP contribution is 2.16. The molecule has 0 aliphatic heterocycles. The molecule has 0 bridgehead atoms. The first-order valence-electron chi connectivity index (χ1n) is 5.20. The van der Waals surface area contributed by atoms with E-state index >= 15 is 0 Å². The first kappa shape index (κ1) is 11.7. The van der Waals surface area contributed by atoms with Gasteiger partial charge < -0.3 is 4.74 Å². The molecule has 0 fully saturated rings. The zero-order valence-electron chi connectivity index (χ0n) is 9.26. The van der Waals surface area contributed by atoms with Crippen molar-refractivity contribution in [2.24, 2.45) is 0 Å². The summed E-state index contributed by atoms with van der Waals surface area (Å²) in [7, 11) is 0. The molecule has 0 radical (unpaired) electrons. The highest BCUT2D eigenvalue weighted by molar-refractivity contribution is 6.29. The minimum absolute atomic E-state index is 0.261. The van der Waals surface area contributed by atoms with Crippen LogP contribution in [-0.2, 0) is 4.74 Å². The maximum Gasteiger partial charge on any atom is 0.357 e. The molecule has 17 heavy (non-hydrogen) atoms. The smallest absolute Gasteiger partial charge is 0.357 e. The number of carbonyl (C=O) groups is 1. The van der Waals surface area contributed by atoms with Crippen molar-refractivity contribution in [1.82, 2.24) is 9.78 Å². The molecule has 0 atom stereocenters. The van der Waals surface area contributed by atoms with Crippen molar-refractivity contribution in [3.05, 3.63) is 47.2 Å². The summed E-state index contributed by atoms with van der Waals surface area (Å²) in [6.45, 7) is 2.07. The molecule has 2 aromatic rings. The van der Waals surface area contributed by atoms with Gasteiger partial charge in [0.05, 0.1) is 12.3 Å². The first-order valence-corrected chi connectivity index (χ1v) is 5.58. The molecule has 0 saturated heterocycles. The van der Waals surface area contributed by atoms with Gasteiger partial charge in [0.2, 0.25) is 0 Å². The van der Waals surface area contributed by atoms with E-state index in [0.717, 1.165) is 5.69 Å². The highest BCUT2D eigenvalue weighted by Gasteiger charge is 2.16. The average Bonchev–Trinajstić information content (AvgIpc) is 2.73.